The normalized spacial score (nSPS) is 12.5. The number of hydrogen-bond acceptors (Lipinski definition) is 4. The Kier molecular flexibility index (Phi) is 5.66. The number of alkyl halides is 7. The van der Waals surface area contributed by atoms with Gasteiger partial charge in [-0.1, -0.05) is 13.8 Å². The van der Waals surface area contributed by atoms with Gasteiger partial charge < -0.3 is 9.47 Å². The molecule has 146 valence electrons. The molecule has 0 saturated carbocycles. The van der Waals surface area contributed by atoms with Crippen LogP contribution in [-0.4, -0.2) is 39.4 Å². The molecule has 2 aromatic heterocycles. The van der Waals surface area contributed by atoms with Crippen LogP contribution in [0.25, 0.3) is 5.69 Å². The van der Waals surface area contributed by atoms with Crippen LogP contribution in [0.15, 0.2) is 6.07 Å². The van der Waals surface area contributed by atoms with Gasteiger partial charge in [-0.2, -0.15) is 40.5 Å². The van der Waals surface area contributed by atoms with E-state index in [0.717, 1.165) is 6.07 Å². The van der Waals surface area contributed by atoms with Gasteiger partial charge in [-0.3, -0.25) is 5.10 Å². The summed E-state index contributed by atoms with van der Waals surface area (Å²) < 4.78 is 97.4. The molecule has 2 aromatic rings. The first-order chi connectivity index (χ1) is 12.0. The van der Waals surface area contributed by atoms with Gasteiger partial charge in [0.15, 0.2) is 5.69 Å². The number of aromatic nitrogens is 4. The molecule has 0 aliphatic carbocycles. The first kappa shape index (κ1) is 19.8. The van der Waals surface area contributed by atoms with E-state index in [-0.39, 0.29) is 11.6 Å². The van der Waals surface area contributed by atoms with Crippen molar-refractivity contribution in [2.24, 2.45) is 0 Å². The van der Waals surface area contributed by atoms with Gasteiger partial charge in [0.25, 0.3) is 5.88 Å². The zero-order chi connectivity index (χ0) is 19.6. The lowest BCUT2D eigenvalue weighted by Gasteiger charge is -2.11. The molecule has 0 aromatic carbocycles. The minimum Gasteiger partial charge on any atom is -0.417 e. The summed E-state index contributed by atoms with van der Waals surface area (Å²) in [5.74, 6) is -1.89. The van der Waals surface area contributed by atoms with E-state index in [1.165, 1.54) is 0 Å². The largest absolute Gasteiger partial charge is 0.417 e. The Hall–Kier alpha value is -2.47. The summed E-state index contributed by atoms with van der Waals surface area (Å²) in [7, 11) is 0. The van der Waals surface area contributed by atoms with E-state index in [4.69, 9.17) is 0 Å². The molecule has 0 aliphatic rings. The summed E-state index contributed by atoms with van der Waals surface area (Å²) in [5.41, 5.74) is -1.21. The SMILES string of the molecule is CC(C)c1cc(OC(F)F)n(-c2c(OC(F)F)n[nH]c2CC(F)(F)F)n1. The van der Waals surface area contributed by atoms with Gasteiger partial charge >= 0.3 is 19.4 Å². The topological polar surface area (TPSA) is 65.0 Å². The zero-order valence-electron chi connectivity index (χ0n) is 13.3. The fourth-order valence-corrected chi connectivity index (χ4v) is 2.06. The molecule has 0 spiro atoms. The maximum absolute atomic E-state index is 12.7. The van der Waals surface area contributed by atoms with Crippen LogP contribution in [0.5, 0.6) is 11.8 Å². The molecular formula is C13H13F7N4O2. The van der Waals surface area contributed by atoms with Crippen molar-refractivity contribution in [3.63, 3.8) is 0 Å². The van der Waals surface area contributed by atoms with E-state index in [1.807, 2.05) is 5.10 Å². The van der Waals surface area contributed by atoms with Crippen LogP contribution in [0, 0.1) is 0 Å². The highest BCUT2D eigenvalue weighted by atomic mass is 19.4. The van der Waals surface area contributed by atoms with E-state index < -0.39 is 49.0 Å². The van der Waals surface area contributed by atoms with Gasteiger partial charge in [0.1, 0.15) is 0 Å². The minimum atomic E-state index is -4.73. The first-order valence-corrected chi connectivity index (χ1v) is 7.12. The molecule has 13 heteroatoms. The Morgan fingerprint density at radius 2 is 1.73 bits per heavy atom. The summed E-state index contributed by atoms with van der Waals surface area (Å²) in [6.45, 7) is -3.44. The van der Waals surface area contributed by atoms with Gasteiger partial charge in [-0.15, -0.1) is 5.10 Å². The predicted octanol–water partition coefficient (Wildman–Crippen LogP) is 4.03. The molecule has 0 fully saturated rings. The molecule has 0 bridgehead atoms. The molecule has 0 aliphatic heterocycles. The quantitative estimate of drug-likeness (QED) is 0.726. The Morgan fingerprint density at radius 3 is 2.23 bits per heavy atom. The lowest BCUT2D eigenvalue weighted by molar-refractivity contribution is -0.127. The summed E-state index contributed by atoms with van der Waals surface area (Å²) in [6, 6.07) is 1.06. The first-order valence-electron chi connectivity index (χ1n) is 7.12. The Morgan fingerprint density at radius 1 is 1.12 bits per heavy atom. The van der Waals surface area contributed by atoms with Crippen LogP contribution in [0.1, 0.15) is 31.2 Å². The van der Waals surface area contributed by atoms with Crippen LogP contribution >= 0.6 is 0 Å². The highest BCUT2D eigenvalue weighted by molar-refractivity contribution is 5.49. The Balaban J connectivity index is 2.62. The van der Waals surface area contributed by atoms with E-state index in [0.29, 0.717) is 4.68 Å². The molecule has 0 amide bonds. The highest BCUT2D eigenvalue weighted by Gasteiger charge is 2.34. The monoisotopic (exact) mass is 390 g/mol. The van der Waals surface area contributed by atoms with Crippen LogP contribution in [0.2, 0.25) is 0 Å². The van der Waals surface area contributed by atoms with Crippen molar-refractivity contribution >= 4 is 0 Å². The van der Waals surface area contributed by atoms with Crippen LogP contribution in [-0.2, 0) is 6.42 Å². The number of aromatic amines is 1. The van der Waals surface area contributed by atoms with Crippen molar-refractivity contribution in [2.45, 2.75) is 45.6 Å². The zero-order valence-corrected chi connectivity index (χ0v) is 13.3. The number of ether oxygens (including phenoxy) is 2. The van der Waals surface area contributed by atoms with Crippen molar-refractivity contribution in [3.05, 3.63) is 17.5 Å². The number of nitrogens with zero attached hydrogens (tertiary/aromatic N) is 3. The van der Waals surface area contributed by atoms with Gasteiger partial charge in [0, 0.05) is 6.07 Å². The summed E-state index contributed by atoms with van der Waals surface area (Å²) >= 11 is 0. The number of rotatable bonds is 7. The molecular weight excluding hydrogens is 377 g/mol. The van der Waals surface area contributed by atoms with Crippen molar-refractivity contribution < 1.29 is 40.2 Å². The van der Waals surface area contributed by atoms with Crippen LogP contribution < -0.4 is 9.47 Å². The number of halogens is 7. The third kappa shape index (κ3) is 4.79. The summed E-state index contributed by atoms with van der Waals surface area (Å²) in [4.78, 5) is 0. The number of nitrogens with one attached hydrogen (secondary N) is 1. The van der Waals surface area contributed by atoms with E-state index in [9.17, 15) is 30.7 Å². The second-order valence-corrected chi connectivity index (χ2v) is 5.38. The predicted molar refractivity (Wildman–Crippen MR) is 72.8 cm³/mol. The molecule has 2 heterocycles. The maximum atomic E-state index is 12.7. The summed E-state index contributed by atoms with van der Waals surface area (Å²) in [6.07, 6.45) is -6.34. The second kappa shape index (κ2) is 7.41. The fourth-order valence-electron chi connectivity index (χ4n) is 2.06. The lowest BCUT2D eigenvalue weighted by Crippen LogP contribution is -2.16. The number of H-pyrrole nitrogens is 1. The second-order valence-electron chi connectivity index (χ2n) is 5.38. The van der Waals surface area contributed by atoms with Gasteiger partial charge in [-0.05, 0) is 5.92 Å². The van der Waals surface area contributed by atoms with Gasteiger partial charge in [0.2, 0.25) is 5.88 Å². The van der Waals surface area contributed by atoms with Crippen molar-refractivity contribution in [2.75, 3.05) is 0 Å². The molecule has 2 rings (SSSR count). The Bertz CT molecular complexity index is 739. The smallest absolute Gasteiger partial charge is 0.394 e. The molecule has 0 unspecified atom stereocenters. The molecule has 26 heavy (non-hydrogen) atoms. The summed E-state index contributed by atoms with van der Waals surface area (Å²) in [5, 5.41) is 9.05. The minimum absolute atomic E-state index is 0.183. The average molecular weight is 390 g/mol. The van der Waals surface area contributed by atoms with Gasteiger partial charge in [-0.25, -0.2) is 0 Å². The Labute approximate surface area is 141 Å². The third-order valence-corrected chi connectivity index (χ3v) is 3.07. The van der Waals surface area contributed by atoms with Crippen molar-refractivity contribution in [3.8, 4) is 17.4 Å². The van der Waals surface area contributed by atoms with E-state index in [2.05, 4.69) is 19.7 Å². The molecule has 0 atom stereocenters. The lowest BCUT2D eigenvalue weighted by atomic mass is 10.1. The molecule has 0 saturated heterocycles. The van der Waals surface area contributed by atoms with Gasteiger partial charge in [0.05, 0.1) is 17.8 Å². The third-order valence-electron chi connectivity index (χ3n) is 3.07. The fraction of sp³-hybridized carbons (Fsp3) is 0.538. The standard InChI is InChI=1S/C13H13F7N4O2/c1-5(2)6-3-8(25-11(14)15)24(23-6)9-7(4-13(18,19)20)21-22-10(9)26-12(16)17/h3,5,11-12H,4H2,1-2H3,(H,21,22). The highest BCUT2D eigenvalue weighted by Crippen LogP contribution is 2.34. The molecule has 6 nitrogen and oxygen atoms in total. The van der Waals surface area contributed by atoms with E-state index in [1.54, 1.807) is 13.8 Å². The van der Waals surface area contributed by atoms with E-state index >= 15 is 0 Å². The number of hydrogen-bond donors (Lipinski definition) is 1. The maximum Gasteiger partial charge on any atom is 0.394 e. The average Bonchev–Trinajstić information content (AvgIpc) is 3.00. The van der Waals surface area contributed by atoms with Crippen molar-refractivity contribution in [1.82, 2.24) is 20.0 Å². The molecule has 1 N–H and O–H groups in total. The molecule has 0 radical (unpaired) electrons. The van der Waals surface area contributed by atoms with Crippen LogP contribution in [0.4, 0.5) is 30.7 Å². The van der Waals surface area contributed by atoms with Crippen molar-refractivity contribution in [1.29, 1.82) is 0 Å². The van der Waals surface area contributed by atoms with Crippen LogP contribution in [0.3, 0.4) is 0 Å².